The Balaban J connectivity index is 2.56. The highest BCUT2D eigenvalue weighted by Crippen LogP contribution is 2.21. The van der Waals surface area contributed by atoms with E-state index in [-0.39, 0.29) is 26.2 Å². The van der Waals surface area contributed by atoms with Gasteiger partial charge in [0.1, 0.15) is 6.42 Å². The van der Waals surface area contributed by atoms with Crippen molar-refractivity contribution in [1.82, 2.24) is 13.5 Å². The topological polar surface area (TPSA) is 60.9 Å². The number of alkyl halides is 3. The van der Waals surface area contributed by atoms with Gasteiger partial charge in [-0.3, -0.25) is 4.79 Å². The van der Waals surface area contributed by atoms with Crippen LogP contribution in [-0.4, -0.2) is 73.8 Å². The summed E-state index contributed by atoms with van der Waals surface area (Å²) < 4.78 is 63.6. The molecule has 0 atom stereocenters. The average Bonchev–Trinajstić information content (AvgIpc) is 2.43. The van der Waals surface area contributed by atoms with Crippen molar-refractivity contribution in [3.8, 4) is 0 Å². The maximum Gasteiger partial charge on any atom is 0.397 e. The molecule has 22 heavy (non-hydrogen) atoms. The predicted octanol–water partition coefficient (Wildman–Crippen LogP) is 1.06. The van der Waals surface area contributed by atoms with E-state index in [1.165, 1.54) is 15.7 Å². The van der Waals surface area contributed by atoms with Gasteiger partial charge in [-0.2, -0.15) is 30.2 Å². The van der Waals surface area contributed by atoms with Gasteiger partial charge in [0.25, 0.3) is 10.2 Å². The Hall–Kier alpha value is -0.870. The van der Waals surface area contributed by atoms with Crippen molar-refractivity contribution in [3.05, 3.63) is 0 Å². The van der Waals surface area contributed by atoms with Gasteiger partial charge in [-0.05, 0) is 6.42 Å². The fourth-order valence-electron chi connectivity index (χ4n) is 2.14. The number of halogens is 3. The van der Waals surface area contributed by atoms with Gasteiger partial charge in [-0.15, -0.1) is 0 Å². The van der Waals surface area contributed by atoms with Crippen molar-refractivity contribution in [2.45, 2.75) is 32.4 Å². The van der Waals surface area contributed by atoms with Crippen LogP contribution in [0, 0.1) is 0 Å². The Morgan fingerprint density at radius 3 is 2.18 bits per heavy atom. The lowest BCUT2D eigenvalue weighted by molar-refractivity contribution is -0.162. The van der Waals surface area contributed by atoms with E-state index in [0.717, 1.165) is 17.7 Å². The fraction of sp³-hybridized carbons (Fsp3) is 0.917. The van der Waals surface area contributed by atoms with Gasteiger partial charge in [0, 0.05) is 39.8 Å². The van der Waals surface area contributed by atoms with E-state index < -0.39 is 28.7 Å². The number of unbranched alkanes of at least 4 members (excludes halogenated alkanes) is 1. The Bertz CT molecular complexity index is 474. The highest BCUT2D eigenvalue weighted by molar-refractivity contribution is 7.86. The smallest absolute Gasteiger partial charge is 0.340 e. The molecule has 0 N–H and O–H groups in total. The number of carbonyl (C=O) groups is 1. The van der Waals surface area contributed by atoms with E-state index in [0.29, 0.717) is 6.54 Å². The number of amides is 1. The minimum atomic E-state index is -4.54. The lowest BCUT2D eigenvalue weighted by Crippen LogP contribution is -2.54. The molecule has 0 bridgehead atoms. The lowest BCUT2D eigenvalue weighted by atomic mass is 10.3. The molecule has 0 aromatic carbocycles. The van der Waals surface area contributed by atoms with Crippen molar-refractivity contribution < 1.29 is 26.4 Å². The van der Waals surface area contributed by atoms with Gasteiger partial charge < -0.3 is 4.90 Å². The first-order valence-electron chi connectivity index (χ1n) is 7.14. The van der Waals surface area contributed by atoms with Gasteiger partial charge in [-0.1, -0.05) is 13.3 Å². The van der Waals surface area contributed by atoms with Gasteiger partial charge >= 0.3 is 6.18 Å². The average molecular weight is 345 g/mol. The van der Waals surface area contributed by atoms with E-state index >= 15 is 0 Å². The summed E-state index contributed by atoms with van der Waals surface area (Å²) in [5.41, 5.74) is 0. The molecule has 1 fully saturated rings. The molecule has 6 nitrogen and oxygen atoms in total. The summed E-state index contributed by atoms with van der Waals surface area (Å²) in [6.45, 7) is 2.34. The number of rotatable bonds is 6. The molecular formula is C12H22F3N3O3S. The summed E-state index contributed by atoms with van der Waals surface area (Å²) in [5.74, 6) is -1.01. The number of carbonyl (C=O) groups excluding carboxylic acids is 1. The van der Waals surface area contributed by atoms with Crippen LogP contribution in [0.4, 0.5) is 13.2 Å². The van der Waals surface area contributed by atoms with Crippen molar-refractivity contribution in [2.75, 3.05) is 39.8 Å². The molecule has 1 rings (SSSR count). The summed E-state index contributed by atoms with van der Waals surface area (Å²) in [6.07, 6.45) is -4.45. The Morgan fingerprint density at radius 1 is 1.18 bits per heavy atom. The zero-order valence-electron chi connectivity index (χ0n) is 12.8. The van der Waals surface area contributed by atoms with E-state index in [9.17, 15) is 26.4 Å². The minimum Gasteiger partial charge on any atom is -0.340 e. The number of hydrogen-bond donors (Lipinski definition) is 0. The second-order valence-corrected chi connectivity index (χ2v) is 7.29. The molecule has 0 radical (unpaired) electrons. The van der Waals surface area contributed by atoms with E-state index in [1.807, 2.05) is 6.92 Å². The molecule has 0 aliphatic carbocycles. The Kier molecular flexibility index (Phi) is 6.63. The van der Waals surface area contributed by atoms with Gasteiger partial charge in [-0.25, -0.2) is 0 Å². The molecule has 0 saturated carbocycles. The summed E-state index contributed by atoms with van der Waals surface area (Å²) in [6, 6.07) is 0. The van der Waals surface area contributed by atoms with Gasteiger partial charge in [0.05, 0.1) is 0 Å². The quantitative estimate of drug-likeness (QED) is 0.723. The lowest BCUT2D eigenvalue weighted by Gasteiger charge is -2.36. The first-order chi connectivity index (χ1) is 10.1. The molecule has 0 spiro atoms. The summed E-state index contributed by atoms with van der Waals surface area (Å²) in [5, 5.41) is 0. The van der Waals surface area contributed by atoms with Crippen LogP contribution in [0.25, 0.3) is 0 Å². The molecule has 0 unspecified atom stereocenters. The standard InChI is InChI=1S/C12H22F3N3O3S/c1-3-4-5-16(2)22(20,21)18-8-6-17(7-9-18)11(19)10-12(13,14)15/h3-10H2,1-2H3. The number of hydrogen-bond acceptors (Lipinski definition) is 3. The van der Waals surface area contributed by atoms with Crippen LogP contribution in [0.15, 0.2) is 0 Å². The zero-order valence-corrected chi connectivity index (χ0v) is 13.6. The summed E-state index contributed by atoms with van der Waals surface area (Å²) in [4.78, 5) is 12.5. The van der Waals surface area contributed by atoms with Crippen LogP contribution in [0.1, 0.15) is 26.2 Å². The van der Waals surface area contributed by atoms with E-state index in [4.69, 9.17) is 0 Å². The highest BCUT2D eigenvalue weighted by Gasteiger charge is 2.36. The first-order valence-corrected chi connectivity index (χ1v) is 8.53. The monoisotopic (exact) mass is 345 g/mol. The van der Waals surface area contributed by atoms with Crippen molar-refractivity contribution in [1.29, 1.82) is 0 Å². The van der Waals surface area contributed by atoms with Crippen LogP contribution in [0.5, 0.6) is 0 Å². The van der Waals surface area contributed by atoms with Crippen LogP contribution in [-0.2, 0) is 15.0 Å². The largest absolute Gasteiger partial charge is 0.397 e. The third-order valence-corrected chi connectivity index (χ3v) is 5.48. The maximum atomic E-state index is 12.3. The van der Waals surface area contributed by atoms with Crippen LogP contribution >= 0.6 is 0 Å². The maximum absolute atomic E-state index is 12.3. The number of piperazine rings is 1. The molecule has 1 heterocycles. The SMILES string of the molecule is CCCCN(C)S(=O)(=O)N1CCN(C(=O)CC(F)(F)F)CC1. The van der Waals surface area contributed by atoms with Crippen molar-refractivity contribution in [2.24, 2.45) is 0 Å². The van der Waals surface area contributed by atoms with E-state index in [2.05, 4.69) is 0 Å². The Labute approximate surface area is 129 Å². The second-order valence-electron chi connectivity index (χ2n) is 5.25. The third kappa shape index (κ3) is 5.40. The van der Waals surface area contributed by atoms with Crippen molar-refractivity contribution >= 4 is 16.1 Å². The van der Waals surface area contributed by atoms with E-state index in [1.54, 1.807) is 0 Å². The summed E-state index contributed by atoms with van der Waals surface area (Å²) in [7, 11) is -2.13. The van der Waals surface area contributed by atoms with Gasteiger partial charge in [0.2, 0.25) is 5.91 Å². The summed E-state index contributed by atoms with van der Waals surface area (Å²) >= 11 is 0. The molecular weight excluding hydrogens is 323 g/mol. The van der Waals surface area contributed by atoms with Crippen molar-refractivity contribution in [3.63, 3.8) is 0 Å². The minimum absolute atomic E-state index is 0.0163. The number of nitrogens with zero attached hydrogens (tertiary/aromatic N) is 3. The van der Waals surface area contributed by atoms with Crippen LogP contribution in [0.3, 0.4) is 0 Å². The molecule has 0 aromatic rings. The molecule has 1 aliphatic heterocycles. The second kappa shape index (κ2) is 7.60. The third-order valence-electron chi connectivity index (χ3n) is 3.49. The molecule has 10 heteroatoms. The molecule has 1 aliphatic rings. The Morgan fingerprint density at radius 2 is 1.73 bits per heavy atom. The zero-order chi connectivity index (χ0) is 17.0. The molecule has 1 saturated heterocycles. The first kappa shape index (κ1) is 19.2. The molecule has 130 valence electrons. The fourth-order valence-corrected chi connectivity index (χ4v) is 3.52. The van der Waals surface area contributed by atoms with Gasteiger partial charge in [0.15, 0.2) is 0 Å². The molecule has 0 aromatic heterocycles. The van der Waals surface area contributed by atoms with Crippen LogP contribution in [0.2, 0.25) is 0 Å². The predicted molar refractivity (Wildman–Crippen MR) is 75.3 cm³/mol. The van der Waals surface area contributed by atoms with Crippen LogP contribution < -0.4 is 0 Å². The highest BCUT2D eigenvalue weighted by atomic mass is 32.2. The normalized spacial score (nSPS) is 18.0. The molecule has 1 amide bonds.